The molecule has 6 heteroatoms. The van der Waals surface area contributed by atoms with Gasteiger partial charge < -0.3 is 20.7 Å². The lowest BCUT2D eigenvalue weighted by Gasteiger charge is -1.98. The lowest BCUT2D eigenvalue weighted by atomic mass is 10.4. The van der Waals surface area contributed by atoms with Gasteiger partial charge in [-0.3, -0.25) is 0 Å². The fourth-order valence-corrected chi connectivity index (χ4v) is 0.948. The van der Waals surface area contributed by atoms with Crippen LogP contribution in [0.4, 0.5) is 0 Å². The first-order valence-corrected chi connectivity index (χ1v) is 4.23. The van der Waals surface area contributed by atoms with E-state index in [4.69, 9.17) is 15.4 Å². The maximum atomic E-state index is 8.26. The molecule has 0 bridgehead atoms. The fraction of sp³-hybridized carbons (Fsp3) is 0.500. The number of nitrogens with zero attached hydrogens (tertiary/aromatic N) is 2. The molecule has 1 heterocycles. The number of aromatic nitrogens is 1. The predicted molar refractivity (Wildman–Crippen MR) is 51.1 cm³/mol. The topological polar surface area (TPSA) is 96.7 Å². The molecule has 14 heavy (non-hydrogen) atoms. The molecule has 0 aliphatic heterocycles. The molecule has 0 radical (unpaired) electrons. The number of amidine groups is 1. The molecule has 1 aromatic heterocycles. The van der Waals surface area contributed by atoms with Gasteiger partial charge in [0.25, 0.3) is 0 Å². The minimum Gasteiger partial charge on any atom is -0.444 e. The second-order valence-corrected chi connectivity index (χ2v) is 2.94. The van der Waals surface area contributed by atoms with E-state index in [1.807, 2.05) is 13.8 Å². The Morgan fingerprint density at radius 2 is 2.36 bits per heavy atom. The molecule has 78 valence electrons. The minimum absolute atomic E-state index is 0.130. The van der Waals surface area contributed by atoms with Crippen LogP contribution < -0.4 is 11.1 Å². The van der Waals surface area contributed by atoms with Crippen molar-refractivity contribution in [3.8, 4) is 0 Å². The summed E-state index contributed by atoms with van der Waals surface area (Å²) in [6, 6.07) is 0. The molecule has 6 nitrogen and oxygen atoms in total. The maximum Gasteiger partial charge on any atom is 0.208 e. The molecule has 0 fully saturated rings. The smallest absolute Gasteiger partial charge is 0.208 e. The van der Waals surface area contributed by atoms with E-state index in [1.54, 1.807) is 0 Å². The third-order valence-corrected chi connectivity index (χ3v) is 1.78. The molecule has 0 saturated heterocycles. The number of rotatable bonds is 4. The van der Waals surface area contributed by atoms with Crippen molar-refractivity contribution >= 4 is 5.84 Å². The standard InChI is InChI=1S/C8H14N4O2/c1-5-6(2)14-8(11-5)4-10-3-7(9)12-13/h10,13H,3-4H2,1-2H3,(H2,9,12). The monoisotopic (exact) mass is 198 g/mol. The van der Waals surface area contributed by atoms with E-state index in [-0.39, 0.29) is 5.84 Å². The summed E-state index contributed by atoms with van der Waals surface area (Å²) in [5.74, 6) is 1.54. The first-order valence-electron chi connectivity index (χ1n) is 4.23. The van der Waals surface area contributed by atoms with Crippen LogP contribution in [0, 0.1) is 13.8 Å². The Morgan fingerprint density at radius 3 is 2.86 bits per heavy atom. The zero-order valence-corrected chi connectivity index (χ0v) is 8.24. The van der Waals surface area contributed by atoms with Gasteiger partial charge in [-0.2, -0.15) is 0 Å². The number of oxime groups is 1. The summed E-state index contributed by atoms with van der Waals surface area (Å²) in [5.41, 5.74) is 6.14. The minimum atomic E-state index is 0.130. The van der Waals surface area contributed by atoms with Crippen LogP contribution in [0.3, 0.4) is 0 Å². The highest BCUT2D eigenvalue weighted by atomic mass is 16.4. The Balaban J connectivity index is 2.39. The first kappa shape index (κ1) is 10.5. The molecule has 1 aromatic rings. The van der Waals surface area contributed by atoms with Crippen LogP contribution >= 0.6 is 0 Å². The second-order valence-electron chi connectivity index (χ2n) is 2.94. The normalized spacial score (nSPS) is 12.0. The van der Waals surface area contributed by atoms with Crippen molar-refractivity contribution in [3.63, 3.8) is 0 Å². The number of hydrogen-bond donors (Lipinski definition) is 3. The number of hydrogen-bond acceptors (Lipinski definition) is 5. The van der Waals surface area contributed by atoms with E-state index in [1.165, 1.54) is 0 Å². The Bertz CT molecular complexity index is 313. The van der Waals surface area contributed by atoms with Crippen LogP contribution in [0.1, 0.15) is 17.3 Å². The molecule has 0 amide bonds. The van der Waals surface area contributed by atoms with E-state index in [0.29, 0.717) is 19.0 Å². The number of nitrogens with two attached hydrogens (primary N) is 1. The molecule has 0 saturated carbocycles. The van der Waals surface area contributed by atoms with E-state index < -0.39 is 0 Å². The van der Waals surface area contributed by atoms with Crippen LogP contribution in [0.15, 0.2) is 9.57 Å². The summed E-state index contributed by atoms with van der Waals surface area (Å²) in [6.07, 6.45) is 0. The van der Waals surface area contributed by atoms with Crippen molar-refractivity contribution in [2.24, 2.45) is 10.9 Å². The lowest BCUT2D eigenvalue weighted by Crippen LogP contribution is -2.28. The summed E-state index contributed by atoms with van der Waals surface area (Å²) < 4.78 is 5.31. The highest BCUT2D eigenvalue weighted by molar-refractivity contribution is 5.81. The van der Waals surface area contributed by atoms with Crippen LogP contribution in [0.5, 0.6) is 0 Å². The van der Waals surface area contributed by atoms with Gasteiger partial charge in [-0.15, -0.1) is 0 Å². The third-order valence-electron chi connectivity index (χ3n) is 1.78. The summed E-state index contributed by atoms with van der Waals surface area (Å²) in [7, 11) is 0. The quantitative estimate of drug-likeness (QED) is 0.276. The Morgan fingerprint density at radius 1 is 1.64 bits per heavy atom. The van der Waals surface area contributed by atoms with Crippen molar-refractivity contribution < 1.29 is 9.62 Å². The van der Waals surface area contributed by atoms with Gasteiger partial charge in [0.1, 0.15) is 5.76 Å². The highest BCUT2D eigenvalue weighted by Crippen LogP contribution is 2.07. The van der Waals surface area contributed by atoms with Crippen molar-refractivity contribution in [2.75, 3.05) is 6.54 Å². The summed E-state index contributed by atoms with van der Waals surface area (Å²) in [6.45, 7) is 4.50. The van der Waals surface area contributed by atoms with Gasteiger partial charge in [-0.05, 0) is 13.8 Å². The van der Waals surface area contributed by atoms with E-state index >= 15 is 0 Å². The molecule has 0 aliphatic rings. The van der Waals surface area contributed by atoms with Crippen molar-refractivity contribution in [2.45, 2.75) is 20.4 Å². The molecular formula is C8H14N4O2. The summed E-state index contributed by atoms with van der Waals surface area (Å²) in [4.78, 5) is 4.16. The van der Waals surface area contributed by atoms with Gasteiger partial charge in [0, 0.05) is 0 Å². The lowest BCUT2D eigenvalue weighted by molar-refractivity contribution is 0.316. The highest BCUT2D eigenvalue weighted by Gasteiger charge is 2.04. The first-order chi connectivity index (χ1) is 6.63. The van der Waals surface area contributed by atoms with E-state index in [2.05, 4.69) is 15.5 Å². The SMILES string of the molecule is Cc1nc(CNCC(N)=NO)oc1C. The molecule has 0 aromatic carbocycles. The number of aryl methyl sites for hydroxylation is 2. The average Bonchev–Trinajstić information content (AvgIpc) is 2.46. The van der Waals surface area contributed by atoms with Crippen LogP contribution in [-0.2, 0) is 6.54 Å². The third kappa shape index (κ3) is 2.74. The van der Waals surface area contributed by atoms with Gasteiger partial charge in [-0.1, -0.05) is 5.16 Å². The molecule has 0 spiro atoms. The molecule has 0 aliphatic carbocycles. The fourth-order valence-electron chi connectivity index (χ4n) is 0.948. The predicted octanol–water partition coefficient (Wildman–Crippen LogP) is 0.127. The van der Waals surface area contributed by atoms with Gasteiger partial charge in [-0.25, -0.2) is 4.98 Å². The van der Waals surface area contributed by atoms with Gasteiger partial charge in [0.2, 0.25) is 5.89 Å². The molecular weight excluding hydrogens is 184 g/mol. The van der Waals surface area contributed by atoms with Crippen molar-refractivity contribution in [1.29, 1.82) is 0 Å². The number of oxazole rings is 1. The second kappa shape index (κ2) is 4.61. The summed E-state index contributed by atoms with van der Waals surface area (Å²) >= 11 is 0. The zero-order chi connectivity index (χ0) is 10.6. The van der Waals surface area contributed by atoms with E-state index in [0.717, 1.165) is 11.5 Å². The maximum absolute atomic E-state index is 8.26. The molecule has 0 atom stereocenters. The van der Waals surface area contributed by atoms with Crippen LogP contribution in [-0.4, -0.2) is 22.6 Å². The summed E-state index contributed by atoms with van der Waals surface area (Å²) in [5, 5.41) is 14.0. The Kier molecular flexibility index (Phi) is 3.47. The molecule has 0 unspecified atom stereocenters. The molecule has 1 rings (SSSR count). The average molecular weight is 198 g/mol. The van der Waals surface area contributed by atoms with Crippen LogP contribution in [0.2, 0.25) is 0 Å². The van der Waals surface area contributed by atoms with Gasteiger partial charge in [0.15, 0.2) is 5.84 Å². The van der Waals surface area contributed by atoms with Gasteiger partial charge >= 0.3 is 0 Å². The largest absolute Gasteiger partial charge is 0.444 e. The van der Waals surface area contributed by atoms with Crippen molar-refractivity contribution in [1.82, 2.24) is 10.3 Å². The zero-order valence-electron chi connectivity index (χ0n) is 8.24. The Labute approximate surface area is 81.8 Å². The van der Waals surface area contributed by atoms with Crippen LogP contribution in [0.25, 0.3) is 0 Å². The van der Waals surface area contributed by atoms with Gasteiger partial charge in [0.05, 0.1) is 18.8 Å². The van der Waals surface area contributed by atoms with E-state index in [9.17, 15) is 0 Å². The Hall–Kier alpha value is -1.56. The van der Waals surface area contributed by atoms with Crippen molar-refractivity contribution in [3.05, 3.63) is 17.3 Å². The number of nitrogens with one attached hydrogen (secondary N) is 1. The molecule has 4 N–H and O–H groups in total.